The Bertz CT molecular complexity index is 885. The number of likely N-dealkylation sites (N-methyl/N-ethyl adjacent to an activating group) is 1. The van der Waals surface area contributed by atoms with Crippen LogP contribution >= 0.6 is 0 Å². The van der Waals surface area contributed by atoms with Gasteiger partial charge in [-0.15, -0.1) is 0 Å². The molecule has 2 aromatic rings. The maximum absolute atomic E-state index is 12.7. The first kappa shape index (κ1) is 22.9. The molecule has 2 aromatic carbocycles. The number of benzene rings is 2. The summed E-state index contributed by atoms with van der Waals surface area (Å²) >= 11 is 0. The quantitative estimate of drug-likeness (QED) is 0.469. The molecule has 1 aliphatic heterocycles. The number of nitrogens with zero attached hydrogens (tertiary/aromatic N) is 2. The fourth-order valence-corrected chi connectivity index (χ4v) is 3.98. The molecular weight excluding hydrogens is 432 g/mol. The molecule has 1 heterocycles. The van der Waals surface area contributed by atoms with E-state index in [1.54, 1.807) is 14.2 Å². The van der Waals surface area contributed by atoms with E-state index in [9.17, 15) is 10.1 Å². The molecule has 29 heavy (non-hydrogen) atoms. The average Bonchev–Trinajstić information content (AvgIpc) is 2.74. The molecule has 0 saturated carbocycles. The van der Waals surface area contributed by atoms with E-state index >= 15 is 0 Å². The highest BCUT2D eigenvalue weighted by atomic mass is 79.9. The average molecular weight is 459 g/mol. The number of hydrogen-bond acceptors (Lipinski definition) is 4. The predicted molar refractivity (Wildman–Crippen MR) is 108 cm³/mol. The Hall–Kier alpha value is -2.36. The highest BCUT2D eigenvalue weighted by molar-refractivity contribution is 5.96. The Balaban J connectivity index is 0.00000300. The number of rotatable bonds is 6. The minimum atomic E-state index is -0.562. The van der Waals surface area contributed by atoms with Crippen LogP contribution in [0.15, 0.2) is 48.5 Å². The van der Waals surface area contributed by atoms with Crippen molar-refractivity contribution in [2.75, 3.05) is 40.9 Å². The summed E-state index contributed by atoms with van der Waals surface area (Å²) in [5, 5.41) is 10.0. The standard InChI is InChI=1S/C23H27N2O3.BrH/c1-25(16-20(26)18-7-5-4-6-8-18)13-11-23(17-24,12-14-25)19-9-10-21(27-2)22(15-19)28-3;/h4-10,15H,11-14,16H2,1-3H3;1H/q+1;/p-1. The summed E-state index contributed by atoms with van der Waals surface area (Å²) in [5.74, 6) is 1.44. The van der Waals surface area contributed by atoms with Gasteiger partial charge in [0.1, 0.15) is 6.54 Å². The zero-order chi connectivity index (χ0) is 20.2. The molecule has 3 rings (SSSR count). The molecule has 0 aliphatic carbocycles. The van der Waals surface area contributed by atoms with Gasteiger partial charge in [0.25, 0.3) is 0 Å². The lowest BCUT2D eigenvalue weighted by molar-refractivity contribution is -0.907. The van der Waals surface area contributed by atoms with Gasteiger partial charge in [0.05, 0.1) is 45.8 Å². The molecule has 0 spiro atoms. The number of hydrogen-bond donors (Lipinski definition) is 0. The number of likely N-dealkylation sites (tertiary alicyclic amines) is 1. The summed E-state index contributed by atoms with van der Waals surface area (Å²) < 4.78 is 11.4. The molecule has 0 aromatic heterocycles. The van der Waals surface area contributed by atoms with Gasteiger partial charge in [0.2, 0.25) is 5.78 Å². The Labute approximate surface area is 183 Å². The van der Waals surface area contributed by atoms with Crippen molar-refractivity contribution in [2.24, 2.45) is 0 Å². The molecule has 0 N–H and O–H groups in total. The molecule has 1 aliphatic rings. The van der Waals surface area contributed by atoms with Crippen LogP contribution in [-0.2, 0) is 5.41 Å². The van der Waals surface area contributed by atoms with E-state index in [4.69, 9.17) is 9.47 Å². The fourth-order valence-electron chi connectivity index (χ4n) is 3.98. The Morgan fingerprint density at radius 1 is 1.07 bits per heavy atom. The van der Waals surface area contributed by atoms with Gasteiger partial charge in [-0.1, -0.05) is 36.4 Å². The van der Waals surface area contributed by atoms with Gasteiger partial charge in [0, 0.05) is 18.4 Å². The second-order valence-electron chi connectivity index (χ2n) is 7.78. The van der Waals surface area contributed by atoms with Gasteiger partial charge in [-0.3, -0.25) is 4.79 Å². The van der Waals surface area contributed by atoms with Gasteiger partial charge in [-0.25, -0.2) is 0 Å². The summed E-state index contributed by atoms with van der Waals surface area (Å²) in [5.41, 5.74) is 1.14. The minimum Gasteiger partial charge on any atom is -1.00 e. The molecule has 6 heteroatoms. The molecule has 154 valence electrons. The summed E-state index contributed by atoms with van der Waals surface area (Å²) in [6.45, 7) is 2.01. The maximum atomic E-state index is 12.7. The molecule has 1 saturated heterocycles. The van der Waals surface area contributed by atoms with E-state index in [-0.39, 0.29) is 22.8 Å². The van der Waals surface area contributed by atoms with E-state index in [1.807, 2.05) is 48.5 Å². The zero-order valence-corrected chi connectivity index (χ0v) is 18.7. The van der Waals surface area contributed by atoms with Crippen LogP contribution in [0.25, 0.3) is 0 Å². The lowest BCUT2D eigenvalue weighted by Gasteiger charge is -2.43. The van der Waals surface area contributed by atoms with Crippen molar-refractivity contribution in [1.29, 1.82) is 5.26 Å². The number of piperidine rings is 1. The number of Topliss-reactive ketones (excluding diaryl/α,β-unsaturated/α-hetero) is 1. The minimum absolute atomic E-state index is 0. The van der Waals surface area contributed by atoms with Crippen molar-refractivity contribution < 1.29 is 35.7 Å². The van der Waals surface area contributed by atoms with E-state index in [1.165, 1.54) is 0 Å². The van der Waals surface area contributed by atoms with Gasteiger partial charge < -0.3 is 30.9 Å². The van der Waals surface area contributed by atoms with Crippen molar-refractivity contribution in [3.05, 3.63) is 59.7 Å². The van der Waals surface area contributed by atoms with Crippen molar-refractivity contribution in [3.63, 3.8) is 0 Å². The Morgan fingerprint density at radius 3 is 2.24 bits per heavy atom. The monoisotopic (exact) mass is 458 g/mol. The Kier molecular flexibility index (Phi) is 7.45. The highest BCUT2D eigenvalue weighted by Gasteiger charge is 2.43. The molecule has 0 atom stereocenters. The number of quaternary nitrogens is 1. The van der Waals surface area contributed by atoms with Crippen molar-refractivity contribution >= 4 is 5.78 Å². The van der Waals surface area contributed by atoms with Crippen molar-refractivity contribution in [3.8, 4) is 17.6 Å². The normalized spacial score (nSPS) is 23.4. The van der Waals surface area contributed by atoms with E-state index in [2.05, 4.69) is 13.1 Å². The molecule has 5 nitrogen and oxygen atoms in total. The summed E-state index contributed by atoms with van der Waals surface area (Å²) in [6, 6.07) is 17.7. The fraction of sp³-hybridized carbons (Fsp3) is 0.391. The molecule has 0 radical (unpaired) electrons. The van der Waals surface area contributed by atoms with Crippen LogP contribution in [0.2, 0.25) is 0 Å². The van der Waals surface area contributed by atoms with Gasteiger partial charge >= 0.3 is 0 Å². The third kappa shape index (κ3) is 4.80. The largest absolute Gasteiger partial charge is 1.00 e. The van der Waals surface area contributed by atoms with Crippen LogP contribution in [0, 0.1) is 11.3 Å². The van der Waals surface area contributed by atoms with Crippen LogP contribution in [0.3, 0.4) is 0 Å². The first-order valence-corrected chi connectivity index (χ1v) is 9.51. The second kappa shape index (κ2) is 9.43. The SMILES string of the molecule is COc1ccc(C2(C#N)CC[N+](C)(CC(=O)c3ccccc3)CC2)cc1OC.[Br-]. The molecule has 0 bridgehead atoms. The molecule has 1 fully saturated rings. The van der Waals surface area contributed by atoms with Crippen molar-refractivity contribution in [2.45, 2.75) is 18.3 Å². The molecule has 0 amide bonds. The van der Waals surface area contributed by atoms with Crippen LogP contribution in [0.4, 0.5) is 0 Å². The van der Waals surface area contributed by atoms with Crippen LogP contribution in [0.1, 0.15) is 28.8 Å². The number of halogens is 1. The number of nitriles is 1. The van der Waals surface area contributed by atoms with Crippen molar-refractivity contribution in [1.82, 2.24) is 0 Å². The number of ketones is 1. The maximum Gasteiger partial charge on any atom is 0.216 e. The van der Waals surface area contributed by atoms with E-state index < -0.39 is 5.41 Å². The third-order valence-electron chi connectivity index (χ3n) is 5.93. The molecular formula is C23H27BrN2O3. The topological polar surface area (TPSA) is 59.3 Å². The van der Waals surface area contributed by atoms with Gasteiger partial charge in [0.15, 0.2) is 11.5 Å². The van der Waals surface area contributed by atoms with Gasteiger partial charge in [-0.2, -0.15) is 5.26 Å². The molecule has 0 unspecified atom stereocenters. The van der Waals surface area contributed by atoms with E-state index in [0.717, 1.165) is 24.2 Å². The summed E-state index contributed by atoms with van der Waals surface area (Å²) in [7, 11) is 5.31. The third-order valence-corrected chi connectivity index (χ3v) is 5.93. The predicted octanol–water partition coefficient (Wildman–Crippen LogP) is 0.592. The Morgan fingerprint density at radius 2 is 1.69 bits per heavy atom. The number of carbonyl (C=O) groups is 1. The first-order valence-electron chi connectivity index (χ1n) is 9.51. The highest BCUT2D eigenvalue weighted by Crippen LogP contribution is 2.40. The van der Waals surface area contributed by atoms with Crippen LogP contribution in [-0.4, -0.2) is 51.2 Å². The lowest BCUT2D eigenvalue weighted by atomic mass is 9.73. The first-order chi connectivity index (χ1) is 13.4. The van der Waals surface area contributed by atoms with E-state index in [0.29, 0.717) is 35.4 Å². The number of carbonyl (C=O) groups excluding carboxylic acids is 1. The summed E-state index contributed by atoms with van der Waals surface area (Å²) in [4.78, 5) is 12.7. The van der Waals surface area contributed by atoms with Crippen LogP contribution < -0.4 is 26.5 Å². The number of ether oxygens (including phenoxy) is 2. The smallest absolute Gasteiger partial charge is 0.216 e. The van der Waals surface area contributed by atoms with Crippen LogP contribution in [0.5, 0.6) is 11.5 Å². The number of methoxy groups -OCH3 is 2. The summed E-state index contributed by atoms with van der Waals surface area (Å²) in [6.07, 6.45) is 1.41. The second-order valence-corrected chi connectivity index (χ2v) is 7.78. The zero-order valence-electron chi connectivity index (χ0n) is 17.2. The lowest BCUT2D eigenvalue weighted by Crippen LogP contribution is -3.00. The van der Waals surface area contributed by atoms with Gasteiger partial charge in [-0.05, 0) is 17.7 Å².